The number of hydrogen-bond acceptors (Lipinski definition) is 3. The number of esters is 1. The van der Waals surface area contributed by atoms with Gasteiger partial charge in [0.1, 0.15) is 0 Å². The largest absolute Gasteiger partial charge is 0.432 e. The number of aryl methyl sites for hydroxylation is 1. The molecule has 0 amide bonds. The zero-order valence-corrected chi connectivity index (χ0v) is 19.7. The van der Waals surface area contributed by atoms with Crippen molar-refractivity contribution in [2.45, 2.75) is 91.3 Å². The second kappa shape index (κ2) is 14.8. The van der Waals surface area contributed by atoms with E-state index < -0.39 is 6.29 Å². The van der Waals surface area contributed by atoms with Crippen molar-refractivity contribution in [3.8, 4) is 11.1 Å². The van der Waals surface area contributed by atoms with Crippen molar-refractivity contribution in [2.75, 3.05) is 6.61 Å². The summed E-state index contributed by atoms with van der Waals surface area (Å²) in [6.45, 7) is 6.73. The molecule has 0 spiro atoms. The van der Waals surface area contributed by atoms with Crippen LogP contribution < -0.4 is 0 Å². The molecule has 2 aromatic rings. The van der Waals surface area contributed by atoms with Crippen LogP contribution in [0.1, 0.15) is 94.5 Å². The van der Waals surface area contributed by atoms with E-state index in [4.69, 9.17) is 9.47 Å². The normalized spacial score (nSPS) is 12.0. The minimum atomic E-state index is -0.525. The zero-order valence-electron chi connectivity index (χ0n) is 19.7. The lowest BCUT2D eigenvalue weighted by molar-refractivity contribution is -0.0985. The van der Waals surface area contributed by atoms with Gasteiger partial charge < -0.3 is 9.47 Å². The number of carbonyl (C=O) groups excluding carboxylic acids is 1. The lowest BCUT2D eigenvalue weighted by Crippen LogP contribution is -2.18. The smallest absolute Gasteiger partial charge is 0.340 e. The summed E-state index contributed by atoms with van der Waals surface area (Å²) in [6, 6.07) is 16.4. The van der Waals surface area contributed by atoms with Crippen LogP contribution in [0, 0.1) is 0 Å². The van der Waals surface area contributed by atoms with E-state index in [2.05, 4.69) is 38.1 Å². The van der Waals surface area contributed by atoms with Crippen LogP contribution >= 0.6 is 0 Å². The first-order valence-corrected chi connectivity index (χ1v) is 12.2. The number of ether oxygens (including phenoxy) is 2. The molecule has 1 unspecified atom stereocenters. The van der Waals surface area contributed by atoms with E-state index in [1.54, 1.807) is 6.92 Å². The van der Waals surface area contributed by atoms with Crippen molar-refractivity contribution in [3.05, 3.63) is 59.7 Å². The summed E-state index contributed by atoms with van der Waals surface area (Å²) in [4.78, 5) is 12.3. The molecule has 2 aromatic carbocycles. The first kappa shape index (κ1) is 25.1. The highest BCUT2D eigenvalue weighted by molar-refractivity contribution is 5.90. The molecule has 31 heavy (non-hydrogen) atoms. The monoisotopic (exact) mass is 424 g/mol. The molecule has 0 saturated carbocycles. The average Bonchev–Trinajstić information content (AvgIpc) is 2.79. The molecule has 0 radical (unpaired) electrons. The number of hydrogen-bond donors (Lipinski definition) is 0. The molecule has 0 fully saturated rings. The van der Waals surface area contributed by atoms with Crippen molar-refractivity contribution >= 4 is 5.97 Å². The van der Waals surface area contributed by atoms with Crippen molar-refractivity contribution in [1.29, 1.82) is 0 Å². The van der Waals surface area contributed by atoms with E-state index >= 15 is 0 Å². The molecule has 0 saturated heterocycles. The third-order valence-electron chi connectivity index (χ3n) is 5.60. The predicted octanol–water partition coefficient (Wildman–Crippen LogP) is 7.97. The van der Waals surface area contributed by atoms with Gasteiger partial charge in [-0.3, -0.25) is 0 Å². The molecule has 2 rings (SSSR count). The fourth-order valence-electron chi connectivity index (χ4n) is 3.60. The molecule has 3 heteroatoms. The van der Waals surface area contributed by atoms with Crippen LogP contribution in [0.2, 0.25) is 0 Å². The summed E-state index contributed by atoms with van der Waals surface area (Å²) in [5.41, 5.74) is 4.21. The number of unbranched alkanes of at least 4 members (excludes halogenated alkanes) is 7. The van der Waals surface area contributed by atoms with E-state index in [9.17, 15) is 4.79 Å². The van der Waals surface area contributed by atoms with Crippen LogP contribution in [-0.4, -0.2) is 18.9 Å². The second-order valence-corrected chi connectivity index (χ2v) is 8.34. The second-order valence-electron chi connectivity index (χ2n) is 8.34. The Morgan fingerprint density at radius 1 is 0.742 bits per heavy atom. The molecule has 0 aromatic heterocycles. The van der Waals surface area contributed by atoms with E-state index in [1.165, 1.54) is 56.1 Å². The first-order chi connectivity index (χ1) is 15.1. The third-order valence-corrected chi connectivity index (χ3v) is 5.60. The zero-order chi connectivity index (χ0) is 22.3. The van der Waals surface area contributed by atoms with Gasteiger partial charge in [-0.2, -0.15) is 0 Å². The maximum atomic E-state index is 12.3. The van der Waals surface area contributed by atoms with Crippen molar-refractivity contribution in [2.24, 2.45) is 0 Å². The standard InChI is InChI=1S/C28H40O3/c1-4-6-8-9-10-11-12-13-24-14-16-25(17-15-24)26-18-20-27(21-19-26)28(29)31-23(3)30-22-7-5-2/h14-21,23H,4-13,22H2,1-3H3. The van der Waals surface area contributed by atoms with E-state index in [0.29, 0.717) is 12.2 Å². The van der Waals surface area contributed by atoms with Crippen LogP contribution in [0.25, 0.3) is 11.1 Å². The van der Waals surface area contributed by atoms with Crippen molar-refractivity contribution in [1.82, 2.24) is 0 Å². The Balaban J connectivity index is 1.78. The lowest BCUT2D eigenvalue weighted by atomic mass is 10.00. The Morgan fingerprint density at radius 2 is 1.29 bits per heavy atom. The molecule has 170 valence electrons. The van der Waals surface area contributed by atoms with Gasteiger partial charge in [-0.15, -0.1) is 0 Å². The van der Waals surface area contributed by atoms with Crippen molar-refractivity contribution in [3.63, 3.8) is 0 Å². The Bertz CT molecular complexity index is 734. The van der Waals surface area contributed by atoms with Gasteiger partial charge in [0, 0.05) is 0 Å². The molecule has 0 aliphatic rings. The predicted molar refractivity (Wildman–Crippen MR) is 129 cm³/mol. The Hall–Kier alpha value is -2.13. The molecular formula is C28H40O3. The van der Waals surface area contributed by atoms with E-state index in [1.807, 2.05) is 24.3 Å². The van der Waals surface area contributed by atoms with Crippen LogP contribution in [0.3, 0.4) is 0 Å². The molecular weight excluding hydrogens is 384 g/mol. The fraction of sp³-hybridized carbons (Fsp3) is 0.536. The lowest BCUT2D eigenvalue weighted by Gasteiger charge is -2.14. The van der Waals surface area contributed by atoms with Gasteiger partial charge in [-0.05, 0) is 55.0 Å². The van der Waals surface area contributed by atoms with E-state index in [-0.39, 0.29) is 5.97 Å². The minimum absolute atomic E-state index is 0.347. The summed E-state index contributed by atoms with van der Waals surface area (Å²) in [5, 5.41) is 0. The van der Waals surface area contributed by atoms with Gasteiger partial charge in [0.15, 0.2) is 6.29 Å². The summed E-state index contributed by atoms with van der Waals surface area (Å²) in [6.07, 6.45) is 12.0. The van der Waals surface area contributed by atoms with Gasteiger partial charge in [-0.1, -0.05) is 95.2 Å². The number of benzene rings is 2. The molecule has 0 N–H and O–H groups in total. The highest BCUT2D eigenvalue weighted by atomic mass is 16.7. The Labute approximate surface area is 189 Å². The highest BCUT2D eigenvalue weighted by Gasteiger charge is 2.12. The van der Waals surface area contributed by atoms with Gasteiger partial charge in [0.2, 0.25) is 0 Å². The van der Waals surface area contributed by atoms with Gasteiger partial charge in [0.05, 0.1) is 12.2 Å². The molecule has 0 heterocycles. The van der Waals surface area contributed by atoms with Crippen LogP contribution in [-0.2, 0) is 15.9 Å². The maximum Gasteiger partial charge on any atom is 0.340 e. The maximum absolute atomic E-state index is 12.3. The quantitative estimate of drug-likeness (QED) is 0.165. The van der Waals surface area contributed by atoms with Crippen LogP contribution in [0.4, 0.5) is 0 Å². The average molecular weight is 425 g/mol. The third kappa shape index (κ3) is 9.69. The SMILES string of the molecule is CCCCCCCCCc1ccc(-c2ccc(C(=O)OC(C)OCCCC)cc2)cc1. The topological polar surface area (TPSA) is 35.5 Å². The Kier molecular flexibility index (Phi) is 12.0. The van der Waals surface area contributed by atoms with Crippen LogP contribution in [0.15, 0.2) is 48.5 Å². The Morgan fingerprint density at radius 3 is 1.90 bits per heavy atom. The summed E-state index contributed by atoms with van der Waals surface area (Å²) < 4.78 is 10.8. The minimum Gasteiger partial charge on any atom is -0.432 e. The van der Waals surface area contributed by atoms with Gasteiger partial charge in [0.25, 0.3) is 0 Å². The van der Waals surface area contributed by atoms with Gasteiger partial charge >= 0.3 is 5.97 Å². The fourth-order valence-corrected chi connectivity index (χ4v) is 3.60. The van der Waals surface area contributed by atoms with Gasteiger partial charge in [-0.25, -0.2) is 4.79 Å². The first-order valence-electron chi connectivity index (χ1n) is 12.2. The van der Waals surface area contributed by atoms with E-state index in [0.717, 1.165) is 24.8 Å². The number of rotatable bonds is 15. The molecule has 0 aliphatic carbocycles. The molecule has 0 bridgehead atoms. The summed E-state index contributed by atoms with van der Waals surface area (Å²) >= 11 is 0. The molecule has 3 nitrogen and oxygen atoms in total. The molecule has 1 atom stereocenters. The highest BCUT2D eigenvalue weighted by Crippen LogP contribution is 2.22. The van der Waals surface area contributed by atoms with Crippen molar-refractivity contribution < 1.29 is 14.3 Å². The summed E-state index contributed by atoms with van der Waals surface area (Å²) in [5.74, 6) is -0.347. The molecule has 0 aliphatic heterocycles. The summed E-state index contributed by atoms with van der Waals surface area (Å²) in [7, 11) is 0. The van der Waals surface area contributed by atoms with Crippen LogP contribution in [0.5, 0.6) is 0 Å². The number of carbonyl (C=O) groups is 1.